The van der Waals surface area contributed by atoms with E-state index < -0.39 is 0 Å². The summed E-state index contributed by atoms with van der Waals surface area (Å²) in [5, 5.41) is 3.46. The number of nitrogens with one attached hydrogen (secondary N) is 1. The molecule has 1 aromatic heterocycles. The normalized spacial score (nSPS) is 11.9. The van der Waals surface area contributed by atoms with Crippen molar-refractivity contribution in [3.63, 3.8) is 0 Å². The highest BCUT2D eigenvalue weighted by atomic mass is 32.1. The third kappa shape index (κ3) is 4.60. The molecule has 0 aliphatic rings. The quantitative estimate of drug-likeness (QED) is 0.743. The molecule has 0 saturated carbocycles. The molecule has 1 heterocycles. The molecular formula is C12H23N3S. The lowest BCUT2D eigenvalue weighted by Crippen LogP contribution is -2.41. The van der Waals surface area contributed by atoms with Crippen LogP contribution in [-0.2, 0) is 6.54 Å². The predicted molar refractivity (Wildman–Crippen MR) is 70.8 cm³/mol. The van der Waals surface area contributed by atoms with E-state index in [1.807, 2.05) is 11.7 Å². The lowest BCUT2D eigenvalue weighted by atomic mass is 10.2. The van der Waals surface area contributed by atoms with Gasteiger partial charge in [0, 0.05) is 42.8 Å². The monoisotopic (exact) mass is 241 g/mol. The maximum Gasteiger partial charge on any atom is 0.0794 e. The van der Waals surface area contributed by atoms with Gasteiger partial charge in [-0.1, -0.05) is 0 Å². The van der Waals surface area contributed by atoms with E-state index in [2.05, 4.69) is 42.9 Å². The minimum Gasteiger partial charge on any atom is -0.311 e. The molecule has 0 bridgehead atoms. The van der Waals surface area contributed by atoms with Crippen molar-refractivity contribution < 1.29 is 0 Å². The molecule has 1 aromatic rings. The summed E-state index contributed by atoms with van der Waals surface area (Å²) in [5.74, 6) is 0. The lowest BCUT2D eigenvalue weighted by Gasteiger charge is -2.30. The van der Waals surface area contributed by atoms with Crippen LogP contribution in [0.3, 0.4) is 0 Å². The van der Waals surface area contributed by atoms with E-state index in [9.17, 15) is 0 Å². The van der Waals surface area contributed by atoms with Crippen molar-refractivity contribution in [2.24, 2.45) is 0 Å². The van der Waals surface area contributed by atoms with Gasteiger partial charge in [0.05, 0.1) is 5.51 Å². The van der Waals surface area contributed by atoms with Crippen molar-refractivity contribution in [2.75, 3.05) is 13.1 Å². The standard InChI is InChI=1S/C12H23N3S/c1-10(2)15(11(3)4)6-5-13-7-12-8-14-9-16-12/h8-11,13H,5-7H2,1-4H3. The highest BCUT2D eigenvalue weighted by Crippen LogP contribution is 2.05. The summed E-state index contributed by atoms with van der Waals surface area (Å²) in [6, 6.07) is 1.23. The molecule has 3 nitrogen and oxygen atoms in total. The SMILES string of the molecule is CC(C)N(CCNCc1cncs1)C(C)C. The van der Waals surface area contributed by atoms with Gasteiger partial charge in [0.15, 0.2) is 0 Å². The summed E-state index contributed by atoms with van der Waals surface area (Å²) in [6.45, 7) is 12.1. The zero-order chi connectivity index (χ0) is 12.0. The van der Waals surface area contributed by atoms with Gasteiger partial charge in [-0.3, -0.25) is 9.88 Å². The van der Waals surface area contributed by atoms with Crippen molar-refractivity contribution in [3.05, 3.63) is 16.6 Å². The topological polar surface area (TPSA) is 28.2 Å². The van der Waals surface area contributed by atoms with E-state index >= 15 is 0 Å². The van der Waals surface area contributed by atoms with Gasteiger partial charge in [-0.25, -0.2) is 0 Å². The van der Waals surface area contributed by atoms with Crippen LogP contribution in [-0.4, -0.2) is 35.1 Å². The average Bonchev–Trinajstić information content (AvgIpc) is 2.68. The molecular weight excluding hydrogens is 218 g/mol. The molecule has 1 N–H and O–H groups in total. The molecule has 4 heteroatoms. The Morgan fingerprint density at radius 1 is 1.31 bits per heavy atom. The first-order chi connectivity index (χ1) is 7.61. The maximum atomic E-state index is 4.06. The molecule has 0 spiro atoms. The average molecular weight is 241 g/mol. The summed E-state index contributed by atoms with van der Waals surface area (Å²) >= 11 is 1.71. The van der Waals surface area contributed by atoms with E-state index in [4.69, 9.17) is 0 Å². The summed E-state index contributed by atoms with van der Waals surface area (Å²) in [6.07, 6.45) is 1.93. The minimum absolute atomic E-state index is 0.616. The zero-order valence-electron chi connectivity index (χ0n) is 10.7. The third-order valence-electron chi connectivity index (χ3n) is 2.66. The molecule has 0 atom stereocenters. The van der Waals surface area contributed by atoms with Gasteiger partial charge in [-0.05, 0) is 27.7 Å². The second kappa shape index (κ2) is 6.99. The van der Waals surface area contributed by atoms with Crippen LogP contribution in [0.25, 0.3) is 0 Å². The van der Waals surface area contributed by atoms with Crippen LogP contribution in [0, 0.1) is 0 Å². The summed E-state index contributed by atoms with van der Waals surface area (Å²) in [7, 11) is 0. The van der Waals surface area contributed by atoms with Gasteiger partial charge in [0.25, 0.3) is 0 Å². The van der Waals surface area contributed by atoms with Crippen LogP contribution in [0.1, 0.15) is 32.6 Å². The Bertz CT molecular complexity index is 262. The van der Waals surface area contributed by atoms with Gasteiger partial charge in [-0.2, -0.15) is 0 Å². The van der Waals surface area contributed by atoms with Crippen LogP contribution in [0.2, 0.25) is 0 Å². The Kier molecular flexibility index (Phi) is 5.95. The third-order valence-corrected chi connectivity index (χ3v) is 3.44. The van der Waals surface area contributed by atoms with Crippen molar-refractivity contribution >= 4 is 11.3 Å². The molecule has 0 amide bonds. The second-order valence-electron chi connectivity index (χ2n) is 4.57. The fraction of sp³-hybridized carbons (Fsp3) is 0.750. The summed E-state index contributed by atoms with van der Waals surface area (Å²) in [4.78, 5) is 7.87. The smallest absolute Gasteiger partial charge is 0.0794 e. The Hall–Kier alpha value is -0.450. The Balaban J connectivity index is 2.18. The molecule has 16 heavy (non-hydrogen) atoms. The lowest BCUT2D eigenvalue weighted by molar-refractivity contribution is 0.176. The molecule has 0 aliphatic heterocycles. The summed E-state index contributed by atoms with van der Waals surface area (Å²) < 4.78 is 0. The van der Waals surface area contributed by atoms with Gasteiger partial charge in [-0.15, -0.1) is 11.3 Å². The Labute approximate surface area is 103 Å². The van der Waals surface area contributed by atoms with E-state index in [0.717, 1.165) is 19.6 Å². The van der Waals surface area contributed by atoms with Gasteiger partial charge in [0.2, 0.25) is 0 Å². The second-order valence-corrected chi connectivity index (χ2v) is 5.54. The van der Waals surface area contributed by atoms with E-state index in [-0.39, 0.29) is 0 Å². The predicted octanol–water partition coefficient (Wildman–Crippen LogP) is 2.35. The fourth-order valence-corrected chi connectivity index (χ4v) is 2.43. The van der Waals surface area contributed by atoms with E-state index in [1.54, 1.807) is 11.3 Å². The van der Waals surface area contributed by atoms with Crippen molar-refractivity contribution in [2.45, 2.75) is 46.3 Å². The van der Waals surface area contributed by atoms with Crippen molar-refractivity contribution in [1.29, 1.82) is 0 Å². The molecule has 0 aromatic carbocycles. The Morgan fingerprint density at radius 3 is 2.50 bits per heavy atom. The molecule has 0 saturated heterocycles. The van der Waals surface area contributed by atoms with Gasteiger partial charge >= 0.3 is 0 Å². The van der Waals surface area contributed by atoms with E-state index in [1.165, 1.54) is 4.88 Å². The van der Waals surface area contributed by atoms with Crippen LogP contribution in [0.5, 0.6) is 0 Å². The molecule has 0 radical (unpaired) electrons. The number of hydrogen-bond acceptors (Lipinski definition) is 4. The number of hydrogen-bond donors (Lipinski definition) is 1. The molecule has 0 fully saturated rings. The molecule has 1 rings (SSSR count). The molecule has 92 valence electrons. The largest absolute Gasteiger partial charge is 0.311 e. The Morgan fingerprint density at radius 2 is 2.00 bits per heavy atom. The van der Waals surface area contributed by atoms with Crippen LogP contribution < -0.4 is 5.32 Å². The summed E-state index contributed by atoms with van der Waals surface area (Å²) in [5.41, 5.74) is 1.88. The first-order valence-corrected chi connectivity index (χ1v) is 6.83. The van der Waals surface area contributed by atoms with Crippen LogP contribution >= 0.6 is 11.3 Å². The van der Waals surface area contributed by atoms with Crippen LogP contribution in [0.4, 0.5) is 0 Å². The number of thiazole rings is 1. The number of aromatic nitrogens is 1. The van der Waals surface area contributed by atoms with Gasteiger partial charge in [0.1, 0.15) is 0 Å². The first-order valence-electron chi connectivity index (χ1n) is 5.95. The highest BCUT2D eigenvalue weighted by molar-refractivity contribution is 7.09. The zero-order valence-corrected chi connectivity index (χ0v) is 11.5. The fourth-order valence-electron chi connectivity index (χ4n) is 1.86. The molecule has 0 unspecified atom stereocenters. The van der Waals surface area contributed by atoms with Crippen molar-refractivity contribution in [3.8, 4) is 0 Å². The minimum atomic E-state index is 0.616. The number of nitrogens with zero attached hydrogens (tertiary/aromatic N) is 2. The highest BCUT2D eigenvalue weighted by Gasteiger charge is 2.11. The first kappa shape index (κ1) is 13.6. The van der Waals surface area contributed by atoms with Crippen LogP contribution in [0.15, 0.2) is 11.7 Å². The van der Waals surface area contributed by atoms with Crippen molar-refractivity contribution in [1.82, 2.24) is 15.2 Å². The molecule has 0 aliphatic carbocycles. The number of rotatable bonds is 7. The van der Waals surface area contributed by atoms with E-state index in [0.29, 0.717) is 12.1 Å². The maximum absolute atomic E-state index is 4.06. The van der Waals surface area contributed by atoms with Gasteiger partial charge < -0.3 is 5.32 Å².